The van der Waals surface area contributed by atoms with E-state index >= 15 is 0 Å². The highest BCUT2D eigenvalue weighted by molar-refractivity contribution is 5.37. The third-order valence-corrected chi connectivity index (χ3v) is 1.45. The molecule has 58 valence electrons. The standard InChI is InChI=1S/C9H12N2/c1-2-3-4-9-7-8(10)5-6-11-9/h2,5-7H,1,3-4H2,(H2,10,11). The summed E-state index contributed by atoms with van der Waals surface area (Å²) in [6.07, 6.45) is 5.49. The van der Waals surface area contributed by atoms with Crippen LogP contribution in [0.15, 0.2) is 31.0 Å². The van der Waals surface area contributed by atoms with Crippen molar-refractivity contribution in [1.82, 2.24) is 4.98 Å². The number of aromatic nitrogens is 1. The van der Waals surface area contributed by atoms with Gasteiger partial charge in [0.1, 0.15) is 0 Å². The molecule has 0 aliphatic heterocycles. The van der Waals surface area contributed by atoms with Crippen molar-refractivity contribution in [3.63, 3.8) is 0 Å². The zero-order valence-electron chi connectivity index (χ0n) is 6.46. The van der Waals surface area contributed by atoms with E-state index in [-0.39, 0.29) is 0 Å². The molecule has 0 aromatic carbocycles. The normalized spacial score (nSPS) is 9.45. The molecule has 1 heterocycles. The van der Waals surface area contributed by atoms with Crippen LogP contribution in [0.2, 0.25) is 0 Å². The van der Waals surface area contributed by atoms with Crippen LogP contribution in [-0.2, 0) is 6.42 Å². The SMILES string of the molecule is C=CCCc1cc(N)ccn1. The highest BCUT2D eigenvalue weighted by Gasteiger charge is 1.91. The Morgan fingerprint density at radius 3 is 3.09 bits per heavy atom. The molecule has 2 nitrogen and oxygen atoms in total. The Hall–Kier alpha value is -1.31. The summed E-state index contributed by atoms with van der Waals surface area (Å²) in [4.78, 5) is 4.15. The van der Waals surface area contributed by atoms with Crippen LogP contribution in [0.4, 0.5) is 5.69 Å². The molecule has 11 heavy (non-hydrogen) atoms. The third kappa shape index (κ3) is 2.42. The fraction of sp³-hybridized carbons (Fsp3) is 0.222. The van der Waals surface area contributed by atoms with Crippen LogP contribution in [0.3, 0.4) is 0 Å². The Balaban J connectivity index is 2.63. The highest BCUT2D eigenvalue weighted by Crippen LogP contribution is 2.04. The van der Waals surface area contributed by atoms with Gasteiger partial charge in [0.15, 0.2) is 0 Å². The zero-order valence-corrected chi connectivity index (χ0v) is 6.46. The molecule has 0 unspecified atom stereocenters. The molecule has 0 saturated heterocycles. The number of hydrogen-bond donors (Lipinski definition) is 1. The van der Waals surface area contributed by atoms with Crippen LogP contribution in [0.5, 0.6) is 0 Å². The molecule has 0 saturated carbocycles. The van der Waals surface area contributed by atoms with E-state index in [0.29, 0.717) is 0 Å². The predicted octanol–water partition coefficient (Wildman–Crippen LogP) is 1.78. The summed E-state index contributed by atoms with van der Waals surface area (Å²) in [5, 5.41) is 0. The van der Waals surface area contributed by atoms with Crippen LogP contribution in [-0.4, -0.2) is 4.98 Å². The van der Waals surface area contributed by atoms with Gasteiger partial charge in [0.25, 0.3) is 0 Å². The lowest BCUT2D eigenvalue weighted by Gasteiger charge is -1.97. The number of hydrogen-bond acceptors (Lipinski definition) is 2. The summed E-state index contributed by atoms with van der Waals surface area (Å²) < 4.78 is 0. The van der Waals surface area contributed by atoms with Crippen molar-refractivity contribution in [2.45, 2.75) is 12.8 Å². The van der Waals surface area contributed by atoms with Gasteiger partial charge in [-0.15, -0.1) is 6.58 Å². The van der Waals surface area contributed by atoms with Gasteiger partial charge < -0.3 is 5.73 Å². The summed E-state index contributed by atoms with van der Waals surface area (Å²) in [7, 11) is 0. The molecule has 1 aromatic rings. The molecule has 1 rings (SSSR count). The van der Waals surface area contributed by atoms with E-state index in [1.807, 2.05) is 12.1 Å². The van der Waals surface area contributed by atoms with Crippen molar-refractivity contribution in [2.24, 2.45) is 0 Å². The Morgan fingerprint density at radius 1 is 1.64 bits per heavy atom. The topological polar surface area (TPSA) is 38.9 Å². The van der Waals surface area contributed by atoms with Gasteiger partial charge in [-0.1, -0.05) is 6.08 Å². The number of allylic oxidation sites excluding steroid dienone is 1. The number of pyridine rings is 1. The average molecular weight is 148 g/mol. The van der Waals surface area contributed by atoms with Gasteiger partial charge in [-0.2, -0.15) is 0 Å². The lowest BCUT2D eigenvalue weighted by atomic mass is 10.2. The fourth-order valence-electron chi connectivity index (χ4n) is 0.884. The minimum absolute atomic E-state index is 0.777. The van der Waals surface area contributed by atoms with Gasteiger partial charge >= 0.3 is 0 Å². The van der Waals surface area contributed by atoms with Crippen molar-refractivity contribution < 1.29 is 0 Å². The summed E-state index contributed by atoms with van der Waals surface area (Å²) in [5.41, 5.74) is 7.37. The fourth-order valence-corrected chi connectivity index (χ4v) is 0.884. The minimum Gasteiger partial charge on any atom is -0.399 e. The first-order chi connectivity index (χ1) is 5.33. The summed E-state index contributed by atoms with van der Waals surface area (Å²) in [6, 6.07) is 3.68. The second kappa shape index (κ2) is 3.76. The maximum Gasteiger partial charge on any atom is 0.0427 e. The molecule has 0 radical (unpaired) electrons. The first kappa shape index (κ1) is 7.79. The van der Waals surface area contributed by atoms with Gasteiger partial charge in [0.2, 0.25) is 0 Å². The molecule has 1 aromatic heterocycles. The van der Waals surface area contributed by atoms with Crippen LogP contribution in [0.25, 0.3) is 0 Å². The monoisotopic (exact) mass is 148 g/mol. The summed E-state index contributed by atoms with van der Waals surface area (Å²) in [6.45, 7) is 3.64. The first-order valence-electron chi connectivity index (χ1n) is 3.64. The van der Waals surface area contributed by atoms with E-state index in [1.165, 1.54) is 0 Å². The van der Waals surface area contributed by atoms with Gasteiger partial charge in [0, 0.05) is 17.6 Å². The van der Waals surface area contributed by atoms with Crippen molar-refractivity contribution in [2.75, 3.05) is 5.73 Å². The van der Waals surface area contributed by atoms with Crippen molar-refractivity contribution >= 4 is 5.69 Å². The number of nitrogens with two attached hydrogens (primary N) is 1. The molecule has 2 heteroatoms. The Morgan fingerprint density at radius 2 is 2.45 bits per heavy atom. The molecular weight excluding hydrogens is 136 g/mol. The second-order valence-electron chi connectivity index (χ2n) is 2.41. The summed E-state index contributed by atoms with van der Waals surface area (Å²) >= 11 is 0. The van der Waals surface area contributed by atoms with Gasteiger partial charge in [0.05, 0.1) is 0 Å². The number of aryl methyl sites for hydroxylation is 1. The predicted molar refractivity (Wildman–Crippen MR) is 47.2 cm³/mol. The summed E-state index contributed by atoms with van der Waals surface area (Å²) in [5.74, 6) is 0. The number of nitrogen functional groups attached to an aromatic ring is 1. The quantitative estimate of drug-likeness (QED) is 0.663. The Kier molecular flexibility index (Phi) is 2.66. The van der Waals surface area contributed by atoms with E-state index in [4.69, 9.17) is 5.73 Å². The smallest absolute Gasteiger partial charge is 0.0427 e. The van der Waals surface area contributed by atoms with E-state index in [2.05, 4.69) is 11.6 Å². The van der Waals surface area contributed by atoms with Crippen molar-refractivity contribution in [3.05, 3.63) is 36.7 Å². The molecule has 0 amide bonds. The lowest BCUT2D eigenvalue weighted by Crippen LogP contribution is -1.91. The molecule has 0 aliphatic carbocycles. The van der Waals surface area contributed by atoms with E-state index in [1.54, 1.807) is 12.3 Å². The largest absolute Gasteiger partial charge is 0.399 e. The Labute approximate surface area is 66.8 Å². The molecular formula is C9H12N2. The van der Waals surface area contributed by atoms with E-state index in [9.17, 15) is 0 Å². The van der Waals surface area contributed by atoms with Crippen LogP contribution >= 0.6 is 0 Å². The molecule has 0 bridgehead atoms. The van der Waals surface area contributed by atoms with Crippen molar-refractivity contribution in [3.8, 4) is 0 Å². The maximum atomic E-state index is 5.56. The van der Waals surface area contributed by atoms with Gasteiger partial charge in [-0.3, -0.25) is 4.98 Å². The van der Waals surface area contributed by atoms with E-state index < -0.39 is 0 Å². The lowest BCUT2D eigenvalue weighted by molar-refractivity contribution is 0.947. The maximum absolute atomic E-state index is 5.56. The van der Waals surface area contributed by atoms with Gasteiger partial charge in [-0.25, -0.2) is 0 Å². The highest BCUT2D eigenvalue weighted by atomic mass is 14.7. The van der Waals surface area contributed by atoms with Gasteiger partial charge in [-0.05, 0) is 25.0 Å². The van der Waals surface area contributed by atoms with Crippen LogP contribution in [0, 0.1) is 0 Å². The first-order valence-corrected chi connectivity index (χ1v) is 3.64. The van der Waals surface area contributed by atoms with Crippen molar-refractivity contribution in [1.29, 1.82) is 0 Å². The molecule has 0 aliphatic rings. The molecule has 0 fully saturated rings. The average Bonchev–Trinajstić information content (AvgIpc) is 2.01. The van der Waals surface area contributed by atoms with Crippen LogP contribution < -0.4 is 5.73 Å². The van der Waals surface area contributed by atoms with E-state index in [0.717, 1.165) is 24.2 Å². The second-order valence-corrected chi connectivity index (χ2v) is 2.41. The zero-order chi connectivity index (χ0) is 8.10. The number of anilines is 1. The minimum atomic E-state index is 0.777. The molecule has 0 spiro atoms. The molecule has 0 atom stereocenters. The Bertz CT molecular complexity index is 243. The molecule has 2 N–H and O–H groups in total. The van der Waals surface area contributed by atoms with Crippen LogP contribution in [0.1, 0.15) is 12.1 Å². The number of nitrogens with zero attached hydrogens (tertiary/aromatic N) is 1. The third-order valence-electron chi connectivity index (χ3n) is 1.45. The number of rotatable bonds is 3.